The van der Waals surface area contributed by atoms with Gasteiger partial charge in [-0.2, -0.15) is 5.10 Å². The first-order chi connectivity index (χ1) is 9.42. The third-order valence-corrected chi connectivity index (χ3v) is 4.17. The minimum Gasteiger partial charge on any atom is -0.496 e. The van der Waals surface area contributed by atoms with Crippen molar-refractivity contribution in [1.29, 1.82) is 0 Å². The second kappa shape index (κ2) is 5.62. The molecule has 7 heteroatoms. The highest BCUT2D eigenvalue weighted by atomic mass is 79.9. The van der Waals surface area contributed by atoms with Gasteiger partial charge in [0.25, 0.3) is 5.69 Å². The molecule has 0 aliphatic rings. The number of aromatic nitrogens is 2. The number of halogens is 1. The van der Waals surface area contributed by atoms with Gasteiger partial charge in [0.2, 0.25) is 0 Å². The Kier molecular flexibility index (Phi) is 4.08. The van der Waals surface area contributed by atoms with Gasteiger partial charge in [-0.1, -0.05) is 0 Å². The van der Waals surface area contributed by atoms with Gasteiger partial charge in [-0.05, 0) is 41.4 Å². The van der Waals surface area contributed by atoms with E-state index in [0.29, 0.717) is 12.3 Å². The van der Waals surface area contributed by atoms with Gasteiger partial charge in [-0.3, -0.25) is 14.8 Å². The van der Waals surface area contributed by atoms with Gasteiger partial charge in [0.05, 0.1) is 40.5 Å². The van der Waals surface area contributed by atoms with Crippen molar-refractivity contribution in [2.45, 2.75) is 20.4 Å². The third-order valence-electron chi connectivity index (χ3n) is 3.02. The first kappa shape index (κ1) is 14.5. The molecule has 2 aromatic rings. The number of benzene rings is 1. The third kappa shape index (κ3) is 2.82. The predicted molar refractivity (Wildman–Crippen MR) is 78.2 cm³/mol. The number of aryl methyl sites for hydroxylation is 1. The van der Waals surface area contributed by atoms with Gasteiger partial charge >= 0.3 is 0 Å². The Hall–Kier alpha value is -1.89. The summed E-state index contributed by atoms with van der Waals surface area (Å²) in [6, 6.07) is 4.71. The van der Waals surface area contributed by atoms with Crippen LogP contribution < -0.4 is 4.74 Å². The molecule has 0 bridgehead atoms. The molecule has 0 aliphatic carbocycles. The monoisotopic (exact) mass is 339 g/mol. The summed E-state index contributed by atoms with van der Waals surface area (Å²) in [4.78, 5) is 10.5. The van der Waals surface area contributed by atoms with Crippen LogP contribution >= 0.6 is 15.9 Å². The molecule has 2 rings (SSSR count). The predicted octanol–water partition coefficient (Wildman–Crippen LogP) is 3.23. The maximum atomic E-state index is 10.9. The summed E-state index contributed by atoms with van der Waals surface area (Å²) in [5.74, 6) is 0.467. The molecular weight excluding hydrogens is 326 g/mol. The summed E-state index contributed by atoms with van der Waals surface area (Å²) >= 11 is 3.46. The molecule has 0 spiro atoms. The SMILES string of the molecule is COc1cc(Cn2nc(C)c(Br)c2C)cc([N+](=O)[O-])c1. The van der Waals surface area contributed by atoms with Gasteiger partial charge in [-0.25, -0.2) is 0 Å². The Morgan fingerprint density at radius 2 is 2.10 bits per heavy atom. The van der Waals surface area contributed by atoms with Crippen LogP contribution in [0.15, 0.2) is 22.7 Å². The van der Waals surface area contributed by atoms with Crippen molar-refractivity contribution in [3.63, 3.8) is 0 Å². The van der Waals surface area contributed by atoms with Crippen molar-refractivity contribution in [1.82, 2.24) is 9.78 Å². The van der Waals surface area contributed by atoms with Gasteiger partial charge in [0.15, 0.2) is 0 Å². The number of non-ortho nitro benzene ring substituents is 1. The summed E-state index contributed by atoms with van der Waals surface area (Å²) in [6.45, 7) is 4.30. The zero-order valence-electron chi connectivity index (χ0n) is 11.4. The average molecular weight is 340 g/mol. The number of nitrogens with zero attached hydrogens (tertiary/aromatic N) is 3. The van der Waals surface area contributed by atoms with Crippen LogP contribution in [-0.2, 0) is 6.54 Å². The number of ether oxygens (including phenoxy) is 1. The summed E-state index contributed by atoms with van der Waals surface area (Å²) in [6.07, 6.45) is 0. The van der Waals surface area contributed by atoms with Crippen LogP contribution in [0.5, 0.6) is 5.75 Å². The lowest BCUT2D eigenvalue weighted by molar-refractivity contribution is -0.385. The second-order valence-electron chi connectivity index (χ2n) is 4.44. The maximum Gasteiger partial charge on any atom is 0.273 e. The summed E-state index contributed by atoms with van der Waals surface area (Å²) in [5.41, 5.74) is 2.65. The summed E-state index contributed by atoms with van der Waals surface area (Å²) in [5, 5.41) is 15.3. The molecule has 0 fully saturated rings. The molecule has 0 N–H and O–H groups in total. The van der Waals surface area contributed by atoms with Crippen LogP contribution in [0, 0.1) is 24.0 Å². The van der Waals surface area contributed by atoms with Crippen molar-refractivity contribution in [3.05, 3.63) is 49.7 Å². The number of hydrogen-bond donors (Lipinski definition) is 0. The summed E-state index contributed by atoms with van der Waals surface area (Å²) < 4.78 is 7.86. The van der Waals surface area contributed by atoms with E-state index < -0.39 is 4.92 Å². The fraction of sp³-hybridized carbons (Fsp3) is 0.308. The van der Waals surface area contributed by atoms with Crippen molar-refractivity contribution in [2.75, 3.05) is 7.11 Å². The van der Waals surface area contributed by atoms with Crippen LogP contribution in [-0.4, -0.2) is 21.8 Å². The quantitative estimate of drug-likeness (QED) is 0.633. The van der Waals surface area contributed by atoms with E-state index in [0.717, 1.165) is 21.4 Å². The Morgan fingerprint density at radius 3 is 2.60 bits per heavy atom. The van der Waals surface area contributed by atoms with E-state index in [1.807, 2.05) is 13.8 Å². The molecule has 106 valence electrons. The number of rotatable bonds is 4. The van der Waals surface area contributed by atoms with Gasteiger partial charge in [-0.15, -0.1) is 0 Å². The topological polar surface area (TPSA) is 70.2 Å². The lowest BCUT2D eigenvalue weighted by Gasteiger charge is -2.07. The molecule has 0 saturated carbocycles. The largest absolute Gasteiger partial charge is 0.496 e. The number of hydrogen-bond acceptors (Lipinski definition) is 4. The zero-order chi connectivity index (χ0) is 14.9. The Balaban J connectivity index is 2.39. The molecule has 6 nitrogen and oxygen atoms in total. The van der Waals surface area contributed by atoms with Crippen LogP contribution in [0.3, 0.4) is 0 Å². The van der Waals surface area contributed by atoms with E-state index in [-0.39, 0.29) is 5.69 Å². The van der Waals surface area contributed by atoms with Gasteiger partial charge in [0, 0.05) is 6.07 Å². The fourth-order valence-electron chi connectivity index (χ4n) is 1.96. The molecule has 20 heavy (non-hydrogen) atoms. The number of nitro groups is 1. The standard InChI is InChI=1S/C13H14BrN3O3/c1-8-13(14)9(2)16(15-8)7-10-4-11(17(18)19)6-12(5-10)20-3/h4-6H,7H2,1-3H3. The van der Waals surface area contributed by atoms with E-state index in [1.165, 1.54) is 19.2 Å². The van der Waals surface area contributed by atoms with Crippen molar-refractivity contribution in [2.24, 2.45) is 0 Å². The molecule has 1 heterocycles. The minimum absolute atomic E-state index is 0.0138. The van der Waals surface area contributed by atoms with Gasteiger partial charge in [0.1, 0.15) is 5.75 Å². The maximum absolute atomic E-state index is 10.9. The highest BCUT2D eigenvalue weighted by Crippen LogP contribution is 2.25. The van der Waals surface area contributed by atoms with Crippen molar-refractivity contribution in [3.8, 4) is 5.75 Å². The van der Waals surface area contributed by atoms with Crippen molar-refractivity contribution >= 4 is 21.6 Å². The Bertz CT molecular complexity index is 667. The number of methoxy groups -OCH3 is 1. The Labute approximate surface area is 124 Å². The van der Waals surface area contributed by atoms with Crippen molar-refractivity contribution < 1.29 is 9.66 Å². The lowest BCUT2D eigenvalue weighted by atomic mass is 10.2. The molecule has 0 aliphatic heterocycles. The molecule has 1 aromatic carbocycles. The second-order valence-corrected chi connectivity index (χ2v) is 5.23. The van der Waals surface area contributed by atoms with E-state index in [9.17, 15) is 10.1 Å². The molecule has 0 radical (unpaired) electrons. The van der Waals surface area contributed by atoms with E-state index in [4.69, 9.17) is 4.74 Å². The fourth-order valence-corrected chi connectivity index (χ4v) is 2.24. The van der Waals surface area contributed by atoms with E-state index in [1.54, 1.807) is 10.7 Å². The highest BCUT2D eigenvalue weighted by Gasteiger charge is 2.13. The van der Waals surface area contributed by atoms with E-state index >= 15 is 0 Å². The molecule has 1 aromatic heterocycles. The average Bonchev–Trinajstić information content (AvgIpc) is 2.66. The van der Waals surface area contributed by atoms with Gasteiger partial charge < -0.3 is 4.74 Å². The van der Waals surface area contributed by atoms with E-state index in [2.05, 4.69) is 21.0 Å². The van der Waals surface area contributed by atoms with Crippen LogP contribution in [0.4, 0.5) is 5.69 Å². The highest BCUT2D eigenvalue weighted by molar-refractivity contribution is 9.10. The van der Waals surface area contributed by atoms with Crippen LogP contribution in [0.2, 0.25) is 0 Å². The molecular formula is C13H14BrN3O3. The molecule has 0 atom stereocenters. The normalized spacial score (nSPS) is 10.6. The Morgan fingerprint density at radius 1 is 1.40 bits per heavy atom. The minimum atomic E-state index is -0.427. The van der Waals surface area contributed by atoms with Crippen LogP contribution in [0.25, 0.3) is 0 Å². The lowest BCUT2D eigenvalue weighted by Crippen LogP contribution is -2.05. The molecule has 0 saturated heterocycles. The summed E-state index contributed by atoms with van der Waals surface area (Å²) in [7, 11) is 1.49. The first-order valence-electron chi connectivity index (χ1n) is 5.94. The smallest absolute Gasteiger partial charge is 0.273 e. The molecule has 0 unspecified atom stereocenters. The first-order valence-corrected chi connectivity index (χ1v) is 6.73. The number of nitro benzene ring substituents is 1. The zero-order valence-corrected chi connectivity index (χ0v) is 13.0. The van der Waals surface area contributed by atoms with Crippen LogP contribution in [0.1, 0.15) is 17.0 Å². The molecule has 0 amide bonds.